The number of aldehydes is 1. The van der Waals surface area contributed by atoms with Crippen molar-refractivity contribution in [2.45, 2.75) is 212 Å². The van der Waals surface area contributed by atoms with E-state index in [0.29, 0.717) is 18.3 Å². The highest BCUT2D eigenvalue weighted by atomic mass is 16.6. The standard InChI is InChI=1S/C78H101N9O11/c1-49(84(12)73(95)97-76(5,6)7)67(89)83-66(75(2,3)4)72(94)87-46-58(44-65(87)70(92)82-62-31-21-27-54-23-17-19-29-60(54)62)80-68(90)55-40-38-51(39-41-55)33-32-50-34-36-52(37-35-50)42-63(79-47-78(11,48-88)85(13)74(96)98-77(8,9)10)71(93)86-45-57-25-15-14-24-56(57)43-64(86)69(91)81-61-30-20-26-53-22-16-18-28-59(53)61/h14-19,22-25,28-29,32-41,48-49,58,61-66,69,79,81,91H,20-21,26-27,30-31,42-47H2,1-13H3,(H,80,90)(H,82,92)(H,83,89)/b33-32+/t49-,58?,61?,62?,63?,64?,65?,66?,69?,78+/m0/s1. The van der Waals surface area contributed by atoms with Gasteiger partial charge in [-0.15, -0.1) is 0 Å². The van der Waals surface area contributed by atoms with Crippen LogP contribution in [0.2, 0.25) is 0 Å². The summed E-state index contributed by atoms with van der Waals surface area (Å²) < 4.78 is 11.2. The Morgan fingerprint density at radius 3 is 1.78 bits per heavy atom. The van der Waals surface area contributed by atoms with E-state index in [1.165, 1.54) is 34.4 Å². The molecule has 0 radical (unpaired) electrons. The minimum atomic E-state index is -1.42. The van der Waals surface area contributed by atoms with Crippen LogP contribution in [-0.2, 0) is 65.7 Å². The molecule has 524 valence electrons. The maximum Gasteiger partial charge on any atom is 0.410 e. The van der Waals surface area contributed by atoms with E-state index in [1.807, 2.05) is 124 Å². The lowest BCUT2D eigenvalue weighted by atomic mass is 9.85. The van der Waals surface area contributed by atoms with Gasteiger partial charge in [0.15, 0.2) is 0 Å². The van der Waals surface area contributed by atoms with Crippen LogP contribution in [0, 0.1) is 5.41 Å². The molecule has 2 aliphatic carbocycles. The topological polar surface area (TPSA) is 248 Å². The van der Waals surface area contributed by atoms with Gasteiger partial charge in [-0.25, -0.2) is 9.59 Å². The van der Waals surface area contributed by atoms with Crippen molar-refractivity contribution >= 4 is 60.2 Å². The van der Waals surface area contributed by atoms with Crippen LogP contribution in [0.1, 0.15) is 181 Å². The van der Waals surface area contributed by atoms with Gasteiger partial charge in [0.1, 0.15) is 47.4 Å². The molecule has 9 rings (SSSR count). The number of nitrogens with one attached hydrogen (secondary N) is 5. The molecule has 0 saturated carbocycles. The summed E-state index contributed by atoms with van der Waals surface area (Å²) in [6.45, 7) is 19.2. The lowest BCUT2D eigenvalue weighted by Gasteiger charge is -2.43. The summed E-state index contributed by atoms with van der Waals surface area (Å²) in [7, 11) is 2.96. The average molecular weight is 1340 g/mol. The van der Waals surface area contributed by atoms with Crippen molar-refractivity contribution in [1.29, 1.82) is 0 Å². The molecule has 20 heteroatoms. The number of hydrogen-bond acceptors (Lipinski definition) is 13. The van der Waals surface area contributed by atoms with E-state index in [4.69, 9.17) is 9.47 Å². The molecule has 10 atom stereocenters. The maximum atomic E-state index is 15.5. The number of aliphatic hydroxyl groups excluding tert-OH is 1. The van der Waals surface area contributed by atoms with E-state index in [2.05, 4.69) is 44.8 Å². The molecule has 2 aliphatic heterocycles. The van der Waals surface area contributed by atoms with Crippen LogP contribution < -0.4 is 26.6 Å². The molecule has 20 nitrogen and oxygen atoms in total. The largest absolute Gasteiger partial charge is 0.444 e. The number of likely N-dealkylation sites (N-methyl/N-ethyl adjacent to an activating group) is 2. The number of aliphatic hydroxyl groups is 1. The molecule has 5 aromatic carbocycles. The average Bonchev–Trinajstić information content (AvgIpc) is 1.15. The molecule has 0 bridgehead atoms. The van der Waals surface area contributed by atoms with Crippen LogP contribution in [-0.4, -0.2) is 159 Å². The SMILES string of the molecule is C[C@@H](C(=O)NC(C(=O)N1CC(NC(=O)c2ccc(/C=C/c3ccc(CC(NC[C@](C)(C=O)N(C)C(=O)OC(C)(C)C)C(=O)N4Cc5ccccc5CC4C(O)NC4CCCc5ccccc54)cc3)cc2)CC1C(=O)NC1CCCc2ccccc21)C(C)(C)C)N(C)C(=O)OC(C)(C)C. The summed E-state index contributed by atoms with van der Waals surface area (Å²) in [6, 6.07) is 33.4. The molecular formula is C78H101N9O11. The second-order valence-corrected chi connectivity index (χ2v) is 30.2. The third kappa shape index (κ3) is 18.3. The molecule has 5 aromatic rings. The zero-order valence-electron chi connectivity index (χ0n) is 59.3. The predicted molar refractivity (Wildman–Crippen MR) is 378 cm³/mol. The minimum absolute atomic E-state index is 0.00778. The van der Waals surface area contributed by atoms with Crippen molar-refractivity contribution in [1.82, 2.24) is 46.2 Å². The zero-order valence-corrected chi connectivity index (χ0v) is 59.3. The van der Waals surface area contributed by atoms with Crippen LogP contribution in [0.3, 0.4) is 0 Å². The van der Waals surface area contributed by atoms with Gasteiger partial charge in [-0.05, 0) is 181 Å². The fourth-order valence-electron chi connectivity index (χ4n) is 13.4. The Kier molecular flexibility index (Phi) is 23.3. The van der Waals surface area contributed by atoms with Crippen molar-refractivity contribution in [2.24, 2.45) is 5.41 Å². The lowest BCUT2D eigenvalue weighted by molar-refractivity contribution is -0.144. The second kappa shape index (κ2) is 31.0. The summed E-state index contributed by atoms with van der Waals surface area (Å²) in [5.74, 6) is -2.12. The number of fused-ring (bicyclic) bond motifs is 3. The van der Waals surface area contributed by atoms with Gasteiger partial charge < -0.3 is 50.4 Å². The molecule has 1 fully saturated rings. The number of ether oxygens (including phenoxy) is 2. The van der Waals surface area contributed by atoms with E-state index in [1.54, 1.807) is 72.4 Å². The Hall–Kier alpha value is -8.72. The molecule has 6 N–H and O–H groups in total. The molecule has 4 aliphatic rings. The minimum Gasteiger partial charge on any atom is -0.444 e. The highest BCUT2D eigenvalue weighted by Crippen LogP contribution is 2.35. The summed E-state index contributed by atoms with van der Waals surface area (Å²) in [4.78, 5) is 118. The van der Waals surface area contributed by atoms with Gasteiger partial charge in [-0.2, -0.15) is 0 Å². The number of carbonyl (C=O) groups is 8. The van der Waals surface area contributed by atoms with Gasteiger partial charge >= 0.3 is 12.2 Å². The summed E-state index contributed by atoms with van der Waals surface area (Å²) in [5, 5.41) is 28.4. The van der Waals surface area contributed by atoms with E-state index in [9.17, 15) is 33.9 Å². The fraction of sp³-hybridized carbons (Fsp3) is 0.487. The van der Waals surface area contributed by atoms with Gasteiger partial charge in [0, 0.05) is 51.4 Å². The second-order valence-electron chi connectivity index (χ2n) is 30.2. The first-order valence-electron chi connectivity index (χ1n) is 34.5. The third-order valence-corrected chi connectivity index (χ3v) is 19.4. The van der Waals surface area contributed by atoms with Crippen LogP contribution in [0.5, 0.6) is 0 Å². The Morgan fingerprint density at radius 1 is 0.653 bits per heavy atom. The van der Waals surface area contributed by atoms with Crippen molar-refractivity contribution in [3.05, 3.63) is 177 Å². The first-order valence-corrected chi connectivity index (χ1v) is 34.5. The Labute approximate surface area is 578 Å². The van der Waals surface area contributed by atoms with Crippen molar-refractivity contribution in [3.63, 3.8) is 0 Å². The number of nitrogens with zero attached hydrogens (tertiary/aromatic N) is 4. The van der Waals surface area contributed by atoms with Crippen molar-refractivity contribution in [2.75, 3.05) is 27.2 Å². The number of hydrogen-bond donors (Lipinski definition) is 6. The summed E-state index contributed by atoms with van der Waals surface area (Å²) in [6.07, 6.45) is 8.03. The van der Waals surface area contributed by atoms with Gasteiger partial charge in [0.25, 0.3) is 5.91 Å². The van der Waals surface area contributed by atoms with Gasteiger partial charge in [0.05, 0.1) is 18.1 Å². The Balaban J connectivity index is 0.898. The number of aryl methyl sites for hydroxylation is 2. The molecular weight excluding hydrogens is 1240 g/mol. The monoisotopic (exact) mass is 1340 g/mol. The third-order valence-electron chi connectivity index (χ3n) is 19.4. The summed E-state index contributed by atoms with van der Waals surface area (Å²) >= 11 is 0. The first-order chi connectivity index (χ1) is 46.3. The van der Waals surface area contributed by atoms with E-state index >= 15 is 9.59 Å². The predicted octanol–water partition coefficient (Wildman–Crippen LogP) is 9.80. The number of rotatable bonds is 21. The molecule has 7 amide bonds. The molecule has 98 heavy (non-hydrogen) atoms. The number of carbonyl (C=O) groups excluding carboxylic acids is 8. The number of likely N-dealkylation sites (tertiary alicyclic amines) is 1. The molecule has 0 spiro atoms. The molecule has 2 heterocycles. The quantitative estimate of drug-likeness (QED) is 0.0228. The Bertz CT molecular complexity index is 3720. The first kappa shape index (κ1) is 73.5. The summed E-state index contributed by atoms with van der Waals surface area (Å²) in [5.41, 5.74) is 5.53. The van der Waals surface area contributed by atoms with Crippen LogP contribution in [0.4, 0.5) is 9.59 Å². The molecule has 1 saturated heterocycles. The van der Waals surface area contributed by atoms with Gasteiger partial charge in [-0.1, -0.05) is 142 Å². The van der Waals surface area contributed by atoms with Crippen molar-refractivity contribution < 1.29 is 52.9 Å². The Morgan fingerprint density at radius 2 is 1.19 bits per heavy atom. The normalized spacial score (nSPS) is 20.4. The van der Waals surface area contributed by atoms with E-state index in [0.717, 1.165) is 83.0 Å². The number of amides is 7. The van der Waals surface area contributed by atoms with Gasteiger partial charge in [-0.3, -0.25) is 39.1 Å². The van der Waals surface area contributed by atoms with Crippen LogP contribution >= 0.6 is 0 Å². The van der Waals surface area contributed by atoms with E-state index < -0.39 is 94.5 Å². The van der Waals surface area contributed by atoms with Crippen molar-refractivity contribution in [3.8, 4) is 0 Å². The molecule has 0 aromatic heterocycles. The van der Waals surface area contributed by atoms with Gasteiger partial charge in [0.2, 0.25) is 23.6 Å². The highest BCUT2D eigenvalue weighted by Gasteiger charge is 2.47. The fourth-order valence-corrected chi connectivity index (χ4v) is 13.4. The van der Waals surface area contributed by atoms with E-state index in [-0.39, 0.29) is 56.4 Å². The zero-order chi connectivity index (χ0) is 71.0. The lowest BCUT2D eigenvalue weighted by Crippen LogP contribution is -2.62. The number of benzene rings is 5. The highest BCUT2D eigenvalue weighted by molar-refractivity contribution is 5.97. The van der Waals surface area contributed by atoms with Crippen LogP contribution in [0.25, 0.3) is 12.2 Å². The smallest absolute Gasteiger partial charge is 0.410 e. The maximum absolute atomic E-state index is 15.5. The molecule has 8 unspecified atom stereocenters. The van der Waals surface area contributed by atoms with Crippen LogP contribution in [0.15, 0.2) is 121 Å².